The maximum atomic E-state index is 11.5. The summed E-state index contributed by atoms with van der Waals surface area (Å²) in [6, 6.07) is 7.97. The summed E-state index contributed by atoms with van der Waals surface area (Å²) < 4.78 is 5.50. The van der Waals surface area contributed by atoms with Crippen molar-refractivity contribution >= 4 is 11.5 Å². The lowest BCUT2D eigenvalue weighted by Gasteiger charge is -2.07. The third-order valence-electron chi connectivity index (χ3n) is 2.95. The highest BCUT2D eigenvalue weighted by atomic mass is 16.6. The lowest BCUT2D eigenvalue weighted by molar-refractivity contribution is -0.386. The molecule has 0 aliphatic rings. The number of nitro benzene ring substituents is 1. The van der Waals surface area contributed by atoms with Crippen molar-refractivity contribution in [2.75, 3.05) is 0 Å². The minimum absolute atomic E-state index is 0.0666. The zero-order valence-electron chi connectivity index (χ0n) is 11.7. The molecule has 0 fully saturated rings. The summed E-state index contributed by atoms with van der Waals surface area (Å²) in [5, 5.41) is 11.1. The van der Waals surface area contributed by atoms with Crippen molar-refractivity contribution in [3.05, 3.63) is 57.9 Å². The van der Waals surface area contributed by atoms with Gasteiger partial charge in [-0.05, 0) is 25.1 Å². The number of pyridine rings is 1. The molecular formula is C15H14N2O4. The second kappa shape index (κ2) is 6.13. The standard InChI is InChI=1S/C15H14N2O4/c1-3-13(18)12-8-7-11(9-16-12)21-14-6-4-5-10(2)15(14)17(19)20/h4-9H,3H2,1-2H3. The Hall–Kier alpha value is -2.76. The second-order valence-electron chi connectivity index (χ2n) is 4.44. The van der Waals surface area contributed by atoms with Gasteiger partial charge in [0, 0.05) is 12.0 Å². The van der Waals surface area contributed by atoms with Gasteiger partial charge in [-0.3, -0.25) is 14.9 Å². The molecule has 0 radical (unpaired) electrons. The SMILES string of the molecule is CCC(=O)c1ccc(Oc2cccc(C)c2[N+](=O)[O-])cn1. The van der Waals surface area contributed by atoms with Gasteiger partial charge in [0.15, 0.2) is 5.78 Å². The number of benzene rings is 1. The molecule has 21 heavy (non-hydrogen) atoms. The fourth-order valence-corrected chi connectivity index (χ4v) is 1.86. The van der Waals surface area contributed by atoms with E-state index in [9.17, 15) is 14.9 Å². The fourth-order valence-electron chi connectivity index (χ4n) is 1.86. The number of para-hydroxylation sites is 1. The van der Waals surface area contributed by atoms with Gasteiger partial charge in [0.25, 0.3) is 0 Å². The Kier molecular flexibility index (Phi) is 4.27. The number of rotatable bonds is 5. The highest BCUT2D eigenvalue weighted by molar-refractivity contribution is 5.93. The molecule has 2 aromatic rings. The van der Waals surface area contributed by atoms with E-state index < -0.39 is 4.92 Å². The van der Waals surface area contributed by atoms with Crippen LogP contribution in [0.5, 0.6) is 11.5 Å². The summed E-state index contributed by atoms with van der Waals surface area (Å²) in [5.41, 5.74) is 0.790. The van der Waals surface area contributed by atoms with Crippen LogP contribution >= 0.6 is 0 Å². The van der Waals surface area contributed by atoms with Gasteiger partial charge in [-0.25, -0.2) is 4.98 Å². The number of Topliss-reactive ketones (excluding diaryl/α,β-unsaturated/α-hetero) is 1. The number of ether oxygens (including phenoxy) is 1. The molecule has 0 spiro atoms. The van der Waals surface area contributed by atoms with E-state index in [-0.39, 0.29) is 17.2 Å². The molecule has 0 saturated carbocycles. The Morgan fingerprint density at radius 2 is 2.10 bits per heavy atom. The summed E-state index contributed by atoms with van der Waals surface area (Å²) in [6.45, 7) is 3.40. The smallest absolute Gasteiger partial charge is 0.314 e. The molecule has 2 rings (SSSR count). The molecule has 0 N–H and O–H groups in total. The minimum atomic E-state index is -0.479. The normalized spacial score (nSPS) is 10.2. The summed E-state index contributed by atoms with van der Waals surface area (Å²) >= 11 is 0. The number of hydrogen-bond donors (Lipinski definition) is 0. The molecule has 108 valence electrons. The lowest BCUT2D eigenvalue weighted by atomic mass is 10.2. The van der Waals surface area contributed by atoms with E-state index in [1.807, 2.05) is 0 Å². The molecule has 6 heteroatoms. The molecule has 0 aliphatic heterocycles. The van der Waals surface area contributed by atoms with Gasteiger partial charge in [-0.15, -0.1) is 0 Å². The first-order valence-corrected chi connectivity index (χ1v) is 6.44. The first-order chi connectivity index (χ1) is 10.0. The third-order valence-corrected chi connectivity index (χ3v) is 2.95. The number of carbonyl (C=O) groups is 1. The molecule has 6 nitrogen and oxygen atoms in total. The molecule has 1 aromatic heterocycles. The summed E-state index contributed by atoms with van der Waals surface area (Å²) in [6.07, 6.45) is 1.76. The molecular weight excluding hydrogens is 272 g/mol. The quantitative estimate of drug-likeness (QED) is 0.475. The van der Waals surface area contributed by atoms with Crippen LogP contribution in [0.3, 0.4) is 0 Å². The van der Waals surface area contributed by atoms with Crippen molar-refractivity contribution in [1.82, 2.24) is 4.98 Å². The van der Waals surface area contributed by atoms with E-state index in [0.29, 0.717) is 23.4 Å². The van der Waals surface area contributed by atoms with E-state index in [2.05, 4.69) is 4.98 Å². The van der Waals surface area contributed by atoms with Crippen LogP contribution in [0.25, 0.3) is 0 Å². The molecule has 0 bridgehead atoms. The van der Waals surface area contributed by atoms with Gasteiger partial charge in [0.2, 0.25) is 5.75 Å². The monoisotopic (exact) mass is 286 g/mol. The number of aromatic nitrogens is 1. The van der Waals surface area contributed by atoms with Gasteiger partial charge in [-0.1, -0.05) is 19.1 Å². The zero-order chi connectivity index (χ0) is 15.4. The molecule has 0 atom stereocenters. The molecule has 0 unspecified atom stereocenters. The van der Waals surface area contributed by atoms with E-state index in [0.717, 1.165) is 0 Å². The summed E-state index contributed by atoms with van der Waals surface area (Å²) in [5.74, 6) is 0.427. The first-order valence-electron chi connectivity index (χ1n) is 6.44. The van der Waals surface area contributed by atoms with Crippen LogP contribution in [0.15, 0.2) is 36.5 Å². The Balaban J connectivity index is 2.29. The minimum Gasteiger partial charge on any atom is -0.448 e. The number of hydrogen-bond acceptors (Lipinski definition) is 5. The second-order valence-corrected chi connectivity index (χ2v) is 4.44. The van der Waals surface area contributed by atoms with Crippen LogP contribution in [-0.4, -0.2) is 15.7 Å². The predicted octanol–water partition coefficient (Wildman–Crippen LogP) is 3.68. The average molecular weight is 286 g/mol. The number of aryl methyl sites for hydroxylation is 1. The Morgan fingerprint density at radius 3 is 2.67 bits per heavy atom. The number of nitro groups is 1. The van der Waals surface area contributed by atoms with E-state index >= 15 is 0 Å². The number of ketones is 1. The Morgan fingerprint density at radius 1 is 1.33 bits per heavy atom. The lowest BCUT2D eigenvalue weighted by Crippen LogP contribution is -2.00. The number of carbonyl (C=O) groups excluding carboxylic acids is 1. The van der Waals surface area contributed by atoms with Crippen molar-refractivity contribution in [1.29, 1.82) is 0 Å². The average Bonchev–Trinajstić information content (AvgIpc) is 2.47. The van der Waals surface area contributed by atoms with Gasteiger partial charge < -0.3 is 4.74 Å². The van der Waals surface area contributed by atoms with Crippen LogP contribution in [0.2, 0.25) is 0 Å². The molecule has 0 aliphatic carbocycles. The Labute approximate surface area is 121 Å². The third kappa shape index (κ3) is 3.22. The van der Waals surface area contributed by atoms with Gasteiger partial charge in [0.05, 0.1) is 11.1 Å². The van der Waals surface area contributed by atoms with Gasteiger partial charge in [-0.2, -0.15) is 0 Å². The fraction of sp³-hybridized carbons (Fsp3) is 0.200. The molecule has 1 heterocycles. The predicted molar refractivity (Wildman–Crippen MR) is 76.8 cm³/mol. The van der Waals surface area contributed by atoms with Crippen molar-refractivity contribution in [3.63, 3.8) is 0 Å². The van der Waals surface area contributed by atoms with Crippen LogP contribution in [0, 0.1) is 17.0 Å². The van der Waals surface area contributed by atoms with Crippen LogP contribution in [0.4, 0.5) is 5.69 Å². The Bertz CT molecular complexity index is 681. The van der Waals surface area contributed by atoms with Crippen molar-refractivity contribution in [3.8, 4) is 11.5 Å². The highest BCUT2D eigenvalue weighted by Gasteiger charge is 2.18. The van der Waals surface area contributed by atoms with Crippen molar-refractivity contribution in [2.24, 2.45) is 0 Å². The van der Waals surface area contributed by atoms with E-state index in [4.69, 9.17) is 4.74 Å². The van der Waals surface area contributed by atoms with Crippen molar-refractivity contribution in [2.45, 2.75) is 20.3 Å². The maximum Gasteiger partial charge on any atom is 0.314 e. The molecule has 0 saturated heterocycles. The van der Waals surface area contributed by atoms with Crippen LogP contribution < -0.4 is 4.74 Å². The van der Waals surface area contributed by atoms with E-state index in [1.165, 1.54) is 12.3 Å². The van der Waals surface area contributed by atoms with E-state index in [1.54, 1.807) is 38.1 Å². The highest BCUT2D eigenvalue weighted by Crippen LogP contribution is 2.33. The maximum absolute atomic E-state index is 11.5. The first kappa shape index (κ1) is 14.6. The number of nitrogens with zero attached hydrogens (tertiary/aromatic N) is 2. The molecule has 1 aromatic carbocycles. The van der Waals surface area contributed by atoms with Gasteiger partial charge >= 0.3 is 5.69 Å². The topological polar surface area (TPSA) is 82.3 Å². The summed E-state index contributed by atoms with van der Waals surface area (Å²) in [7, 11) is 0. The van der Waals surface area contributed by atoms with Crippen molar-refractivity contribution < 1.29 is 14.5 Å². The van der Waals surface area contributed by atoms with Crippen LogP contribution in [-0.2, 0) is 0 Å². The largest absolute Gasteiger partial charge is 0.448 e. The van der Waals surface area contributed by atoms with Crippen LogP contribution in [0.1, 0.15) is 29.4 Å². The summed E-state index contributed by atoms with van der Waals surface area (Å²) in [4.78, 5) is 26.1. The van der Waals surface area contributed by atoms with Gasteiger partial charge in [0.1, 0.15) is 11.4 Å². The zero-order valence-corrected chi connectivity index (χ0v) is 11.7. The molecule has 0 amide bonds.